The molecule has 0 saturated carbocycles. The summed E-state index contributed by atoms with van der Waals surface area (Å²) in [5.74, 6) is 0.587. The number of pyridine rings is 1. The van der Waals surface area contributed by atoms with E-state index >= 15 is 0 Å². The Balaban J connectivity index is 0.00000220. The molecule has 0 radical (unpaired) electrons. The molecule has 1 N–H and O–H groups in total. The number of sulfonamides is 1. The Hall–Kier alpha value is -2.12. The van der Waals surface area contributed by atoms with Crippen LogP contribution in [-0.4, -0.2) is 26.7 Å². The van der Waals surface area contributed by atoms with Gasteiger partial charge in [-0.05, 0) is 42.0 Å². The van der Waals surface area contributed by atoms with Crippen molar-refractivity contribution in [2.24, 2.45) is 5.10 Å². The Morgan fingerprint density at radius 2 is 1.76 bits per heavy atom. The highest BCUT2D eigenvalue weighted by molar-refractivity contribution is 7.89. The number of nitrogens with zero attached hydrogens (tertiary/aromatic N) is 2. The molecular weight excluding hydrogens is 314 g/mol. The fourth-order valence-electron chi connectivity index (χ4n) is 1.43. The van der Waals surface area contributed by atoms with Crippen LogP contribution in [0.1, 0.15) is 5.56 Å². The topological polar surface area (TPSA) is 80.7 Å². The van der Waals surface area contributed by atoms with Gasteiger partial charge in [0.1, 0.15) is 5.75 Å². The third-order valence-electron chi connectivity index (χ3n) is 2.46. The number of hydrogen-bond acceptors (Lipinski definition) is 5. The molecule has 2 aromatic rings. The third kappa shape index (κ3) is 4.73. The Bertz CT molecular complexity index is 688. The summed E-state index contributed by atoms with van der Waals surface area (Å²) in [7, 11) is -2.16. The Kier molecular flexibility index (Phi) is 6.13. The van der Waals surface area contributed by atoms with E-state index in [-0.39, 0.29) is 17.3 Å². The van der Waals surface area contributed by atoms with Crippen LogP contribution in [0.5, 0.6) is 5.75 Å². The van der Waals surface area contributed by atoms with Crippen molar-refractivity contribution in [3.05, 3.63) is 54.4 Å². The molecular formula is C13H14ClN3O3S. The van der Waals surface area contributed by atoms with Gasteiger partial charge in [0.2, 0.25) is 0 Å². The maximum Gasteiger partial charge on any atom is 0.276 e. The standard InChI is InChI=1S/C13H13N3O3S.ClH/c1-19-12-2-4-13(5-3-12)20(17,18)16-15-10-11-6-8-14-9-7-11;/h2-10,16H,1H3;1H/b15-10+;. The summed E-state index contributed by atoms with van der Waals surface area (Å²) in [6, 6.07) is 9.46. The first-order chi connectivity index (χ1) is 9.62. The highest BCUT2D eigenvalue weighted by Crippen LogP contribution is 2.15. The summed E-state index contributed by atoms with van der Waals surface area (Å²) in [6.07, 6.45) is 4.60. The summed E-state index contributed by atoms with van der Waals surface area (Å²) < 4.78 is 28.9. The molecule has 6 nitrogen and oxygen atoms in total. The second-order valence-corrected chi connectivity index (χ2v) is 5.47. The van der Waals surface area contributed by atoms with Crippen LogP contribution in [0, 0.1) is 0 Å². The zero-order chi connectivity index (χ0) is 14.4. The molecule has 1 aromatic heterocycles. The van der Waals surface area contributed by atoms with E-state index in [9.17, 15) is 8.42 Å². The lowest BCUT2D eigenvalue weighted by Gasteiger charge is -2.04. The van der Waals surface area contributed by atoms with Gasteiger partial charge < -0.3 is 4.74 Å². The number of nitrogens with one attached hydrogen (secondary N) is 1. The number of aromatic nitrogens is 1. The minimum absolute atomic E-state index is 0. The second-order valence-electron chi connectivity index (χ2n) is 3.81. The summed E-state index contributed by atoms with van der Waals surface area (Å²) >= 11 is 0. The molecule has 0 saturated heterocycles. The van der Waals surface area contributed by atoms with Gasteiger partial charge in [-0.15, -0.1) is 12.4 Å². The second kappa shape index (κ2) is 7.61. The van der Waals surface area contributed by atoms with Crippen LogP contribution in [0.25, 0.3) is 0 Å². The molecule has 0 aliphatic rings. The molecule has 0 aliphatic carbocycles. The van der Waals surface area contributed by atoms with E-state index in [1.165, 1.54) is 25.5 Å². The molecule has 8 heteroatoms. The van der Waals surface area contributed by atoms with Crippen LogP contribution in [-0.2, 0) is 10.0 Å². The van der Waals surface area contributed by atoms with Crippen molar-refractivity contribution >= 4 is 28.6 Å². The van der Waals surface area contributed by atoms with Crippen molar-refractivity contribution < 1.29 is 13.2 Å². The minimum Gasteiger partial charge on any atom is -0.497 e. The van der Waals surface area contributed by atoms with Gasteiger partial charge in [0, 0.05) is 12.4 Å². The van der Waals surface area contributed by atoms with Crippen molar-refractivity contribution in [1.82, 2.24) is 9.82 Å². The average molecular weight is 328 g/mol. The van der Waals surface area contributed by atoms with Crippen LogP contribution < -0.4 is 9.57 Å². The average Bonchev–Trinajstić information content (AvgIpc) is 2.48. The smallest absolute Gasteiger partial charge is 0.276 e. The van der Waals surface area contributed by atoms with Crippen molar-refractivity contribution in [3.63, 3.8) is 0 Å². The van der Waals surface area contributed by atoms with Gasteiger partial charge in [0.25, 0.3) is 10.0 Å². The lowest BCUT2D eigenvalue weighted by Crippen LogP contribution is -2.18. The number of methoxy groups -OCH3 is 1. The van der Waals surface area contributed by atoms with Crippen LogP contribution in [0.2, 0.25) is 0 Å². The third-order valence-corrected chi connectivity index (χ3v) is 3.70. The molecule has 1 aromatic carbocycles. The summed E-state index contributed by atoms with van der Waals surface area (Å²) in [5, 5.41) is 3.71. The maximum atomic E-state index is 11.9. The first-order valence-corrected chi connectivity index (χ1v) is 7.19. The number of ether oxygens (including phenoxy) is 1. The van der Waals surface area contributed by atoms with Gasteiger partial charge in [0.15, 0.2) is 0 Å². The Labute approximate surface area is 129 Å². The number of hydrogen-bond donors (Lipinski definition) is 1. The van der Waals surface area contributed by atoms with E-state index in [1.807, 2.05) is 0 Å². The summed E-state index contributed by atoms with van der Waals surface area (Å²) in [5.41, 5.74) is 0.748. The number of benzene rings is 1. The first kappa shape index (κ1) is 16.9. The molecule has 0 aliphatic heterocycles. The molecule has 0 amide bonds. The fraction of sp³-hybridized carbons (Fsp3) is 0.0769. The zero-order valence-electron chi connectivity index (χ0n) is 11.1. The largest absolute Gasteiger partial charge is 0.497 e. The highest BCUT2D eigenvalue weighted by Gasteiger charge is 2.12. The van der Waals surface area contributed by atoms with Gasteiger partial charge in [-0.25, -0.2) is 4.83 Å². The highest BCUT2D eigenvalue weighted by atomic mass is 35.5. The minimum atomic E-state index is -3.67. The van der Waals surface area contributed by atoms with E-state index in [2.05, 4.69) is 14.9 Å². The van der Waals surface area contributed by atoms with Gasteiger partial charge in [0.05, 0.1) is 18.2 Å². The maximum absolute atomic E-state index is 11.9. The number of rotatable bonds is 5. The monoisotopic (exact) mass is 327 g/mol. The Morgan fingerprint density at radius 3 is 2.33 bits per heavy atom. The molecule has 0 bridgehead atoms. The lowest BCUT2D eigenvalue weighted by molar-refractivity contribution is 0.414. The van der Waals surface area contributed by atoms with Crippen molar-refractivity contribution in [1.29, 1.82) is 0 Å². The molecule has 1 heterocycles. The normalized spacial score (nSPS) is 10.9. The molecule has 21 heavy (non-hydrogen) atoms. The lowest BCUT2D eigenvalue weighted by atomic mass is 10.3. The van der Waals surface area contributed by atoms with Gasteiger partial charge in [-0.1, -0.05) is 0 Å². The SMILES string of the molecule is COc1ccc(S(=O)(=O)N/N=C/c2ccncc2)cc1.Cl. The van der Waals surface area contributed by atoms with Gasteiger partial charge in [-0.2, -0.15) is 13.5 Å². The molecule has 0 spiro atoms. The molecule has 0 fully saturated rings. The predicted octanol–water partition coefficient (Wildman–Crippen LogP) is 1.82. The van der Waals surface area contributed by atoms with E-state index in [0.29, 0.717) is 5.75 Å². The Morgan fingerprint density at radius 1 is 1.14 bits per heavy atom. The molecule has 0 unspecified atom stereocenters. The molecule has 2 rings (SSSR count). The summed E-state index contributed by atoms with van der Waals surface area (Å²) in [4.78, 5) is 6.11. The number of halogens is 1. The van der Waals surface area contributed by atoms with Crippen LogP contribution in [0.15, 0.2) is 58.8 Å². The number of hydrazone groups is 1. The van der Waals surface area contributed by atoms with E-state index in [1.54, 1.807) is 36.7 Å². The summed E-state index contributed by atoms with van der Waals surface area (Å²) in [6.45, 7) is 0. The van der Waals surface area contributed by atoms with Gasteiger partial charge in [-0.3, -0.25) is 4.98 Å². The first-order valence-electron chi connectivity index (χ1n) is 5.71. The van der Waals surface area contributed by atoms with Crippen molar-refractivity contribution in [2.45, 2.75) is 4.90 Å². The van der Waals surface area contributed by atoms with E-state index in [4.69, 9.17) is 4.74 Å². The molecule has 112 valence electrons. The predicted molar refractivity (Wildman–Crippen MR) is 82.4 cm³/mol. The van der Waals surface area contributed by atoms with Crippen LogP contribution >= 0.6 is 12.4 Å². The fourth-order valence-corrected chi connectivity index (χ4v) is 2.22. The van der Waals surface area contributed by atoms with E-state index in [0.717, 1.165) is 5.56 Å². The quantitative estimate of drug-likeness (QED) is 0.671. The van der Waals surface area contributed by atoms with Gasteiger partial charge >= 0.3 is 0 Å². The van der Waals surface area contributed by atoms with Crippen LogP contribution in [0.4, 0.5) is 0 Å². The zero-order valence-corrected chi connectivity index (χ0v) is 12.8. The molecule has 0 atom stereocenters. The van der Waals surface area contributed by atoms with Crippen molar-refractivity contribution in [2.75, 3.05) is 7.11 Å². The van der Waals surface area contributed by atoms with Crippen LogP contribution in [0.3, 0.4) is 0 Å². The van der Waals surface area contributed by atoms with Crippen molar-refractivity contribution in [3.8, 4) is 5.75 Å². The van der Waals surface area contributed by atoms with E-state index < -0.39 is 10.0 Å².